The highest BCUT2D eigenvalue weighted by atomic mass is 79.9. The number of carbonyl (C=O) groups excluding carboxylic acids is 1. The first-order valence-corrected chi connectivity index (χ1v) is 10.4. The molecule has 0 saturated carbocycles. The van der Waals surface area contributed by atoms with E-state index in [0.717, 1.165) is 10.2 Å². The van der Waals surface area contributed by atoms with Gasteiger partial charge >= 0.3 is 0 Å². The van der Waals surface area contributed by atoms with Crippen LogP contribution < -0.4 is 10.1 Å². The number of allylic oxidation sites excluding steroid dienone is 1. The topological polar surface area (TPSA) is 89.3 Å². The van der Waals surface area contributed by atoms with Crippen LogP contribution in [0.2, 0.25) is 0 Å². The molecule has 0 saturated heterocycles. The molecular weight excluding hydrogens is 456 g/mol. The summed E-state index contributed by atoms with van der Waals surface area (Å²) in [5.74, 6) is 1.31. The minimum Gasteiger partial charge on any atom is -0.507 e. The molecule has 0 aliphatic heterocycles. The standard InChI is InChI=1S/C20H19BrN4O3S/c1-3-10-25-19(16-11-13(21)4-9-17(16)26)23-24-20(25)29-12-18(27)22-14-5-7-15(28-2)8-6-14/h3-9,11,26H,1,10,12H2,2H3,(H,22,27). The van der Waals surface area contributed by atoms with Crippen molar-refractivity contribution in [1.82, 2.24) is 14.8 Å². The maximum Gasteiger partial charge on any atom is 0.234 e. The highest BCUT2D eigenvalue weighted by molar-refractivity contribution is 9.10. The number of thioether (sulfide) groups is 1. The molecule has 3 rings (SSSR count). The zero-order chi connectivity index (χ0) is 20.8. The molecule has 0 bridgehead atoms. The number of nitrogens with one attached hydrogen (secondary N) is 1. The van der Waals surface area contributed by atoms with Crippen LogP contribution in [0.15, 0.2) is 64.7 Å². The predicted octanol–water partition coefficient (Wildman–Crippen LogP) is 4.34. The Bertz CT molecular complexity index is 1020. The van der Waals surface area contributed by atoms with Crippen LogP contribution in [0, 0.1) is 0 Å². The number of amides is 1. The quantitative estimate of drug-likeness (QED) is 0.372. The first kappa shape index (κ1) is 20.9. The summed E-state index contributed by atoms with van der Waals surface area (Å²) in [5.41, 5.74) is 1.23. The summed E-state index contributed by atoms with van der Waals surface area (Å²) in [6, 6.07) is 12.2. The number of hydrogen-bond acceptors (Lipinski definition) is 6. The third-order valence-corrected chi connectivity index (χ3v) is 5.39. The molecule has 2 aromatic carbocycles. The Morgan fingerprint density at radius 1 is 1.31 bits per heavy atom. The van der Waals surface area contributed by atoms with Crippen molar-refractivity contribution < 1.29 is 14.6 Å². The molecular formula is C20H19BrN4O3S. The number of ether oxygens (including phenoxy) is 1. The largest absolute Gasteiger partial charge is 0.507 e. The molecule has 3 aromatic rings. The molecule has 2 N–H and O–H groups in total. The SMILES string of the molecule is C=CCn1c(SCC(=O)Nc2ccc(OC)cc2)nnc1-c1cc(Br)ccc1O. The molecule has 0 spiro atoms. The van der Waals surface area contributed by atoms with Crippen LogP contribution in [0.5, 0.6) is 11.5 Å². The number of methoxy groups -OCH3 is 1. The zero-order valence-electron chi connectivity index (χ0n) is 15.6. The zero-order valence-corrected chi connectivity index (χ0v) is 18.0. The van der Waals surface area contributed by atoms with Gasteiger partial charge in [-0.25, -0.2) is 0 Å². The molecule has 7 nitrogen and oxygen atoms in total. The summed E-state index contributed by atoms with van der Waals surface area (Å²) in [4.78, 5) is 12.3. The van der Waals surface area contributed by atoms with Crippen molar-refractivity contribution in [1.29, 1.82) is 0 Å². The van der Waals surface area contributed by atoms with Gasteiger partial charge in [0.15, 0.2) is 11.0 Å². The van der Waals surface area contributed by atoms with Crippen LogP contribution in [-0.4, -0.2) is 38.6 Å². The number of carbonyl (C=O) groups is 1. The summed E-state index contributed by atoms with van der Waals surface area (Å²) < 4.78 is 7.72. The second-order valence-electron chi connectivity index (χ2n) is 5.93. The maximum atomic E-state index is 12.3. The number of benzene rings is 2. The fraction of sp³-hybridized carbons (Fsp3) is 0.150. The number of halogens is 1. The first-order chi connectivity index (χ1) is 14.0. The third kappa shape index (κ3) is 5.18. The Morgan fingerprint density at radius 2 is 2.07 bits per heavy atom. The van der Waals surface area contributed by atoms with E-state index >= 15 is 0 Å². The highest BCUT2D eigenvalue weighted by Crippen LogP contribution is 2.32. The second kappa shape index (κ2) is 9.62. The van der Waals surface area contributed by atoms with Crippen molar-refractivity contribution in [3.63, 3.8) is 0 Å². The van der Waals surface area contributed by atoms with Gasteiger partial charge in [0, 0.05) is 16.7 Å². The molecule has 150 valence electrons. The van der Waals surface area contributed by atoms with Gasteiger partial charge in [-0.05, 0) is 42.5 Å². The van der Waals surface area contributed by atoms with E-state index in [2.05, 4.69) is 38.0 Å². The van der Waals surface area contributed by atoms with E-state index in [0.29, 0.717) is 28.8 Å². The Labute approximate surface area is 180 Å². The van der Waals surface area contributed by atoms with E-state index in [9.17, 15) is 9.90 Å². The number of phenolic OH excluding ortho intramolecular Hbond substituents is 1. The van der Waals surface area contributed by atoms with Crippen LogP contribution in [0.4, 0.5) is 5.69 Å². The van der Waals surface area contributed by atoms with Gasteiger partial charge in [-0.15, -0.1) is 16.8 Å². The number of hydrogen-bond donors (Lipinski definition) is 2. The normalized spacial score (nSPS) is 10.6. The lowest BCUT2D eigenvalue weighted by Gasteiger charge is -2.09. The summed E-state index contributed by atoms with van der Waals surface area (Å²) in [7, 11) is 1.59. The molecule has 1 amide bonds. The lowest BCUT2D eigenvalue weighted by Crippen LogP contribution is -2.14. The lowest BCUT2D eigenvalue weighted by atomic mass is 10.2. The van der Waals surface area contributed by atoms with Crippen molar-refractivity contribution in [2.24, 2.45) is 0 Å². The van der Waals surface area contributed by atoms with E-state index < -0.39 is 0 Å². The van der Waals surface area contributed by atoms with Crippen LogP contribution in [-0.2, 0) is 11.3 Å². The Kier molecular flexibility index (Phi) is 6.95. The molecule has 1 aromatic heterocycles. The molecule has 29 heavy (non-hydrogen) atoms. The second-order valence-corrected chi connectivity index (χ2v) is 7.79. The van der Waals surface area contributed by atoms with E-state index in [1.165, 1.54) is 11.8 Å². The summed E-state index contributed by atoms with van der Waals surface area (Å²) >= 11 is 4.66. The number of phenols is 1. The smallest absolute Gasteiger partial charge is 0.234 e. The van der Waals surface area contributed by atoms with E-state index in [1.807, 2.05) is 0 Å². The van der Waals surface area contributed by atoms with Crippen molar-refractivity contribution in [2.45, 2.75) is 11.7 Å². The molecule has 0 radical (unpaired) electrons. The minimum atomic E-state index is -0.167. The van der Waals surface area contributed by atoms with Crippen LogP contribution in [0.3, 0.4) is 0 Å². The number of rotatable bonds is 8. The summed E-state index contributed by atoms with van der Waals surface area (Å²) in [5, 5.41) is 22.0. The van der Waals surface area contributed by atoms with Crippen LogP contribution in [0.25, 0.3) is 11.4 Å². The summed E-state index contributed by atoms with van der Waals surface area (Å²) in [6.45, 7) is 4.21. The molecule has 0 aliphatic carbocycles. The Morgan fingerprint density at radius 3 is 2.76 bits per heavy atom. The van der Waals surface area contributed by atoms with E-state index in [1.54, 1.807) is 60.2 Å². The first-order valence-electron chi connectivity index (χ1n) is 8.61. The summed E-state index contributed by atoms with van der Waals surface area (Å²) in [6.07, 6.45) is 1.71. The van der Waals surface area contributed by atoms with Gasteiger partial charge in [-0.3, -0.25) is 9.36 Å². The minimum absolute atomic E-state index is 0.0970. The molecule has 0 aliphatic rings. The number of anilines is 1. The van der Waals surface area contributed by atoms with Crippen molar-refractivity contribution in [2.75, 3.05) is 18.2 Å². The van der Waals surface area contributed by atoms with Gasteiger partial charge in [0.1, 0.15) is 11.5 Å². The average molecular weight is 475 g/mol. The van der Waals surface area contributed by atoms with E-state index in [4.69, 9.17) is 4.74 Å². The molecule has 0 atom stereocenters. The highest BCUT2D eigenvalue weighted by Gasteiger charge is 2.17. The van der Waals surface area contributed by atoms with Crippen LogP contribution in [0.1, 0.15) is 0 Å². The molecule has 9 heteroatoms. The van der Waals surface area contributed by atoms with Crippen molar-refractivity contribution in [3.8, 4) is 22.9 Å². The van der Waals surface area contributed by atoms with Crippen molar-refractivity contribution >= 4 is 39.3 Å². The average Bonchev–Trinajstić information content (AvgIpc) is 3.11. The van der Waals surface area contributed by atoms with Crippen molar-refractivity contribution in [3.05, 3.63) is 59.6 Å². The van der Waals surface area contributed by atoms with Gasteiger partial charge in [0.2, 0.25) is 5.91 Å². The Hall–Kier alpha value is -2.78. The number of aromatic nitrogens is 3. The van der Waals surface area contributed by atoms with E-state index in [-0.39, 0.29) is 17.4 Å². The number of nitrogens with zero attached hydrogens (tertiary/aromatic N) is 3. The van der Waals surface area contributed by atoms with Crippen LogP contribution >= 0.6 is 27.7 Å². The van der Waals surface area contributed by atoms with Gasteiger partial charge in [-0.2, -0.15) is 0 Å². The van der Waals surface area contributed by atoms with Gasteiger partial charge in [0.05, 0.1) is 18.4 Å². The fourth-order valence-electron chi connectivity index (χ4n) is 2.58. The predicted molar refractivity (Wildman–Crippen MR) is 117 cm³/mol. The fourth-order valence-corrected chi connectivity index (χ4v) is 3.69. The molecule has 0 unspecified atom stereocenters. The van der Waals surface area contributed by atoms with Gasteiger partial charge in [-0.1, -0.05) is 33.8 Å². The lowest BCUT2D eigenvalue weighted by molar-refractivity contribution is -0.113. The molecule has 0 fully saturated rings. The molecule has 1 heterocycles. The van der Waals surface area contributed by atoms with Gasteiger partial charge < -0.3 is 15.2 Å². The Balaban J connectivity index is 1.73. The third-order valence-electron chi connectivity index (χ3n) is 3.93. The monoisotopic (exact) mass is 474 g/mol. The number of aromatic hydroxyl groups is 1. The van der Waals surface area contributed by atoms with Gasteiger partial charge in [0.25, 0.3) is 0 Å². The maximum absolute atomic E-state index is 12.3.